The average Bonchev–Trinajstić information content (AvgIpc) is 3.32. The second kappa shape index (κ2) is 6.78. The zero-order chi connectivity index (χ0) is 17.9. The maximum atomic E-state index is 9.19. The van der Waals surface area contributed by atoms with E-state index in [2.05, 4.69) is 46.9 Å². The molecule has 2 aromatic heterocycles. The van der Waals surface area contributed by atoms with E-state index in [0.717, 1.165) is 15.7 Å². The number of nitrogens with one attached hydrogen (secondary N) is 2. The highest BCUT2D eigenvalue weighted by atomic mass is 79.9. The van der Waals surface area contributed by atoms with Crippen LogP contribution < -0.4 is 5.32 Å². The number of benzene rings is 2. The zero-order valence-corrected chi connectivity index (χ0v) is 14.7. The molecule has 4 rings (SSSR count). The second-order valence-electron chi connectivity index (χ2n) is 5.26. The SMILES string of the molecule is N#CC(=CNc1ccc2oc(-c3ccc(Br)cc3)nc2c1)c1nn[nH]n1. The number of rotatable bonds is 4. The van der Waals surface area contributed by atoms with Crippen LogP contribution >= 0.6 is 15.9 Å². The number of aromatic amines is 1. The van der Waals surface area contributed by atoms with E-state index in [4.69, 9.17) is 4.42 Å². The van der Waals surface area contributed by atoms with Crippen LogP contribution in [0.15, 0.2) is 57.6 Å². The van der Waals surface area contributed by atoms with E-state index in [-0.39, 0.29) is 11.4 Å². The number of H-pyrrole nitrogens is 1. The molecule has 4 aromatic rings. The first kappa shape index (κ1) is 16.0. The third-order valence-corrected chi connectivity index (χ3v) is 4.10. The van der Waals surface area contributed by atoms with Crippen LogP contribution in [0.25, 0.3) is 28.1 Å². The number of oxazole rings is 1. The Balaban J connectivity index is 1.62. The quantitative estimate of drug-likeness (QED) is 0.494. The van der Waals surface area contributed by atoms with Gasteiger partial charge in [0.05, 0.1) is 0 Å². The fraction of sp³-hybridized carbons (Fsp3) is 0. The molecule has 26 heavy (non-hydrogen) atoms. The molecule has 0 aliphatic heterocycles. The van der Waals surface area contributed by atoms with E-state index in [0.29, 0.717) is 17.0 Å². The van der Waals surface area contributed by atoms with Crippen molar-refractivity contribution in [3.8, 4) is 17.5 Å². The van der Waals surface area contributed by atoms with Crippen LogP contribution in [0, 0.1) is 11.3 Å². The third kappa shape index (κ3) is 3.18. The normalized spacial score (nSPS) is 11.5. The van der Waals surface area contributed by atoms with Crippen LogP contribution in [-0.2, 0) is 0 Å². The molecule has 2 aromatic carbocycles. The molecular weight excluding hydrogens is 398 g/mol. The van der Waals surface area contributed by atoms with Gasteiger partial charge in [0.15, 0.2) is 5.58 Å². The van der Waals surface area contributed by atoms with Crippen molar-refractivity contribution in [3.63, 3.8) is 0 Å². The van der Waals surface area contributed by atoms with Gasteiger partial charge in [-0.15, -0.1) is 10.2 Å². The number of nitrogens with zero attached hydrogens (tertiary/aromatic N) is 5. The van der Waals surface area contributed by atoms with Crippen molar-refractivity contribution in [2.45, 2.75) is 0 Å². The van der Waals surface area contributed by atoms with E-state index in [1.807, 2.05) is 48.5 Å². The van der Waals surface area contributed by atoms with Crippen molar-refractivity contribution < 1.29 is 4.42 Å². The number of allylic oxidation sites excluding steroid dienone is 1. The molecule has 0 amide bonds. The highest BCUT2D eigenvalue weighted by Crippen LogP contribution is 2.27. The molecule has 0 unspecified atom stereocenters. The van der Waals surface area contributed by atoms with E-state index in [1.165, 1.54) is 6.20 Å². The molecule has 126 valence electrons. The highest BCUT2D eigenvalue weighted by Gasteiger charge is 2.09. The van der Waals surface area contributed by atoms with Crippen molar-refractivity contribution in [3.05, 3.63) is 59.0 Å². The lowest BCUT2D eigenvalue weighted by Gasteiger charge is -2.00. The first-order valence-electron chi connectivity index (χ1n) is 7.50. The molecule has 8 nitrogen and oxygen atoms in total. The predicted octanol–water partition coefficient (Wildman–Crippen LogP) is 3.75. The van der Waals surface area contributed by atoms with Gasteiger partial charge in [0.1, 0.15) is 17.2 Å². The largest absolute Gasteiger partial charge is 0.436 e. The van der Waals surface area contributed by atoms with Gasteiger partial charge in [0, 0.05) is 21.9 Å². The minimum Gasteiger partial charge on any atom is -0.436 e. The van der Waals surface area contributed by atoms with E-state index in [9.17, 15) is 5.26 Å². The van der Waals surface area contributed by atoms with E-state index < -0.39 is 0 Å². The summed E-state index contributed by atoms with van der Waals surface area (Å²) in [5.74, 6) is 0.768. The van der Waals surface area contributed by atoms with Crippen LogP contribution in [0.4, 0.5) is 5.69 Å². The minimum atomic E-state index is 0.222. The molecular formula is C17H10BrN7O. The van der Waals surface area contributed by atoms with Gasteiger partial charge in [0.2, 0.25) is 11.7 Å². The highest BCUT2D eigenvalue weighted by molar-refractivity contribution is 9.10. The van der Waals surface area contributed by atoms with Gasteiger partial charge in [0.25, 0.3) is 0 Å². The van der Waals surface area contributed by atoms with Crippen LogP contribution in [0.3, 0.4) is 0 Å². The summed E-state index contributed by atoms with van der Waals surface area (Å²) in [6.07, 6.45) is 1.52. The van der Waals surface area contributed by atoms with Gasteiger partial charge in [-0.05, 0) is 47.7 Å². The van der Waals surface area contributed by atoms with Crippen molar-refractivity contribution in [1.29, 1.82) is 5.26 Å². The standard InChI is InChI=1S/C17H10BrN7O/c18-12-3-1-10(2-4-12)17-21-14-7-13(5-6-15(14)26-17)20-9-11(8-19)16-22-24-25-23-16/h1-7,9,20H,(H,22,23,24,25). The molecule has 0 radical (unpaired) electrons. The number of aromatic nitrogens is 5. The summed E-state index contributed by atoms with van der Waals surface area (Å²) < 4.78 is 6.79. The fourth-order valence-corrected chi connectivity index (χ4v) is 2.58. The summed E-state index contributed by atoms with van der Waals surface area (Å²) in [6.45, 7) is 0. The van der Waals surface area contributed by atoms with Gasteiger partial charge in [-0.1, -0.05) is 15.9 Å². The first-order chi connectivity index (χ1) is 12.7. The van der Waals surface area contributed by atoms with Crippen molar-refractivity contribution in [1.82, 2.24) is 25.6 Å². The van der Waals surface area contributed by atoms with Crippen LogP contribution in [-0.4, -0.2) is 25.6 Å². The zero-order valence-electron chi connectivity index (χ0n) is 13.1. The lowest BCUT2D eigenvalue weighted by Crippen LogP contribution is -1.92. The summed E-state index contributed by atoms with van der Waals surface area (Å²) in [4.78, 5) is 4.52. The first-order valence-corrected chi connectivity index (χ1v) is 8.29. The molecule has 2 N–H and O–H groups in total. The Kier molecular flexibility index (Phi) is 4.17. The Morgan fingerprint density at radius 2 is 2.08 bits per heavy atom. The molecule has 0 saturated carbocycles. The summed E-state index contributed by atoms with van der Waals surface area (Å²) in [5, 5.41) is 25.5. The number of nitriles is 1. The Morgan fingerprint density at radius 3 is 2.81 bits per heavy atom. The van der Waals surface area contributed by atoms with Crippen LogP contribution in [0.5, 0.6) is 0 Å². The summed E-state index contributed by atoms with van der Waals surface area (Å²) in [6, 6.07) is 15.2. The Morgan fingerprint density at radius 1 is 1.23 bits per heavy atom. The monoisotopic (exact) mass is 407 g/mol. The van der Waals surface area contributed by atoms with Gasteiger partial charge in [-0.25, -0.2) is 4.98 Å². The summed E-state index contributed by atoms with van der Waals surface area (Å²) in [5.41, 5.74) is 3.29. The number of fused-ring (bicyclic) bond motifs is 1. The molecule has 9 heteroatoms. The van der Waals surface area contributed by atoms with Crippen LogP contribution in [0.2, 0.25) is 0 Å². The Hall–Kier alpha value is -3.51. The number of halogens is 1. The van der Waals surface area contributed by atoms with Gasteiger partial charge < -0.3 is 9.73 Å². The summed E-state index contributed by atoms with van der Waals surface area (Å²) >= 11 is 3.41. The second-order valence-corrected chi connectivity index (χ2v) is 6.17. The average molecular weight is 408 g/mol. The van der Waals surface area contributed by atoms with Gasteiger partial charge in [-0.3, -0.25) is 0 Å². The third-order valence-electron chi connectivity index (χ3n) is 3.57. The summed E-state index contributed by atoms with van der Waals surface area (Å²) in [7, 11) is 0. The molecule has 0 aliphatic carbocycles. The lowest BCUT2D eigenvalue weighted by atomic mass is 10.2. The van der Waals surface area contributed by atoms with E-state index >= 15 is 0 Å². The topological polar surface area (TPSA) is 116 Å². The molecule has 0 atom stereocenters. The van der Waals surface area contributed by atoms with E-state index in [1.54, 1.807) is 0 Å². The molecule has 0 saturated heterocycles. The maximum Gasteiger partial charge on any atom is 0.227 e. The van der Waals surface area contributed by atoms with Crippen molar-refractivity contribution in [2.24, 2.45) is 0 Å². The molecule has 0 bridgehead atoms. The van der Waals surface area contributed by atoms with Crippen LogP contribution in [0.1, 0.15) is 5.82 Å². The lowest BCUT2D eigenvalue weighted by molar-refractivity contribution is 0.620. The number of anilines is 1. The predicted molar refractivity (Wildman–Crippen MR) is 98.5 cm³/mol. The minimum absolute atomic E-state index is 0.222. The smallest absolute Gasteiger partial charge is 0.227 e. The number of hydrogen-bond donors (Lipinski definition) is 2. The molecule has 2 heterocycles. The maximum absolute atomic E-state index is 9.19. The Bertz CT molecular complexity index is 1120. The molecule has 0 fully saturated rings. The number of hydrogen-bond acceptors (Lipinski definition) is 7. The molecule has 0 spiro atoms. The Labute approximate surface area is 155 Å². The number of tetrazole rings is 1. The fourth-order valence-electron chi connectivity index (χ4n) is 2.31. The van der Waals surface area contributed by atoms with Gasteiger partial charge in [-0.2, -0.15) is 10.5 Å². The molecule has 0 aliphatic rings. The van der Waals surface area contributed by atoms with Crippen molar-refractivity contribution in [2.75, 3.05) is 5.32 Å². The van der Waals surface area contributed by atoms with Crippen molar-refractivity contribution >= 4 is 38.3 Å². The van der Waals surface area contributed by atoms with Gasteiger partial charge >= 0.3 is 0 Å².